The van der Waals surface area contributed by atoms with E-state index in [0.29, 0.717) is 18.1 Å². The highest BCUT2D eigenvalue weighted by Crippen LogP contribution is 2.21. The third-order valence-electron chi connectivity index (χ3n) is 2.47. The number of anilines is 1. The quantitative estimate of drug-likeness (QED) is 0.841. The van der Waals surface area contributed by atoms with Gasteiger partial charge in [-0.05, 0) is 26.0 Å². The Bertz CT molecular complexity index is 480. The molecule has 0 saturated carbocycles. The maximum atomic E-state index is 10.2. The molecule has 0 saturated heterocycles. The van der Waals surface area contributed by atoms with Gasteiger partial charge >= 0.3 is 0 Å². The zero-order chi connectivity index (χ0) is 12.3. The van der Waals surface area contributed by atoms with Crippen LogP contribution in [0, 0.1) is 6.92 Å². The summed E-state index contributed by atoms with van der Waals surface area (Å²) in [6, 6.07) is 5.31. The van der Waals surface area contributed by atoms with E-state index in [1.165, 1.54) is 6.33 Å². The van der Waals surface area contributed by atoms with E-state index < -0.39 is 5.60 Å². The van der Waals surface area contributed by atoms with E-state index in [1.54, 1.807) is 25.3 Å². The van der Waals surface area contributed by atoms with Crippen molar-refractivity contribution in [2.75, 3.05) is 11.9 Å². The summed E-state index contributed by atoms with van der Waals surface area (Å²) in [6.07, 6.45) is 3.03. The lowest BCUT2D eigenvalue weighted by Crippen LogP contribution is -2.30. The number of furan rings is 1. The van der Waals surface area contributed by atoms with Crippen LogP contribution < -0.4 is 5.32 Å². The van der Waals surface area contributed by atoms with Crippen molar-refractivity contribution in [3.63, 3.8) is 0 Å². The van der Waals surface area contributed by atoms with Crippen LogP contribution in [0.3, 0.4) is 0 Å². The maximum Gasteiger partial charge on any atom is 0.136 e. The lowest BCUT2D eigenvalue weighted by atomic mass is 10.0. The molecule has 90 valence electrons. The van der Waals surface area contributed by atoms with Gasteiger partial charge in [-0.25, -0.2) is 9.97 Å². The Morgan fingerprint density at radius 2 is 2.29 bits per heavy atom. The maximum absolute atomic E-state index is 10.2. The average molecular weight is 233 g/mol. The van der Waals surface area contributed by atoms with Gasteiger partial charge in [-0.2, -0.15) is 0 Å². The van der Waals surface area contributed by atoms with Crippen LogP contribution in [0.5, 0.6) is 0 Å². The molecule has 0 amide bonds. The predicted octanol–water partition coefficient (Wildman–Crippen LogP) is 1.70. The van der Waals surface area contributed by atoms with E-state index in [2.05, 4.69) is 15.3 Å². The highest BCUT2D eigenvalue weighted by molar-refractivity contribution is 5.35. The van der Waals surface area contributed by atoms with Crippen molar-refractivity contribution in [2.45, 2.75) is 19.4 Å². The van der Waals surface area contributed by atoms with Gasteiger partial charge in [0, 0.05) is 11.8 Å². The second kappa shape index (κ2) is 4.55. The van der Waals surface area contributed by atoms with E-state index in [4.69, 9.17) is 4.42 Å². The van der Waals surface area contributed by atoms with Gasteiger partial charge in [0.15, 0.2) is 0 Å². The lowest BCUT2D eigenvalue weighted by molar-refractivity contribution is 0.0476. The largest absolute Gasteiger partial charge is 0.466 e. The smallest absolute Gasteiger partial charge is 0.136 e. The van der Waals surface area contributed by atoms with Crippen LogP contribution in [0.2, 0.25) is 0 Å². The van der Waals surface area contributed by atoms with Crippen LogP contribution in [0.4, 0.5) is 5.82 Å². The molecule has 0 aromatic carbocycles. The van der Waals surface area contributed by atoms with Crippen LogP contribution in [-0.4, -0.2) is 21.6 Å². The fourth-order valence-corrected chi connectivity index (χ4v) is 1.49. The first-order valence-corrected chi connectivity index (χ1v) is 5.37. The molecule has 2 N–H and O–H groups in total. The van der Waals surface area contributed by atoms with Crippen molar-refractivity contribution in [1.29, 1.82) is 0 Å². The zero-order valence-corrected chi connectivity index (χ0v) is 9.84. The van der Waals surface area contributed by atoms with Gasteiger partial charge in [-0.3, -0.25) is 0 Å². The molecule has 0 aliphatic carbocycles. The molecular weight excluding hydrogens is 218 g/mol. The van der Waals surface area contributed by atoms with Crippen molar-refractivity contribution in [3.05, 3.63) is 42.2 Å². The SMILES string of the molecule is Cc1cc(NCC(C)(O)c2ccco2)ncn1. The van der Waals surface area contributed by atoms with Crippen molar-refractivity contribution in [3.8, 4) is 0 Å². The predicted molar refractivity (Wildman–Crippen MR) is 63.5 cm³/mol. The van der Waals surface area contributed by atoms with Gasteiger partial charge < -0.3 is 14.8 Å². The molecule has 0 bridgehead atoms. The van der Waals surface area contributed by atoms with Crippen LogP contribution in [0.15, 0.2) is 35.2 Å². The molecule has 2 rings (SSSR count). The Morgan fingerprint density at radius 3 is 2.94 bits per heavy atom. The second-order valence-corrected chi connectivity index (χ2v) is 4.15. The first-order chi connectivity index (χ1) is 8.08. The van der Waals surface area contributed by atoms with Crippen molar-refractivity contribution < 1.29 is 9.52 Å². The van der Waals surface area contributed by atoms with E-state index in [0.717, 1.165) is 5.69 Å². The minimum Gasteiger partial charge on any atom is -0.466 e. The monoisotopic (exact) mass is 233 g/mol. The molecule has 0 fully saturated rings. The van der Waals surface area contributed by atoms with Gasteiger partial charge in [0.1, 0.15) is 23.5 Å². The minimum atomic E-state index is -1.07. The summed E-state index contributed by atoms with van der Waals surface area (Å²) in [5, 5.41) is 13.3. The minimum absolute atomic E-state index is 0.316. The molecule has 0 aliphatic rings. The summed E-state index contributed by atoms with van der Waals surface area (Å²) >= 11 is 0. The molecule has 5 nitrogen and oxygen atoms in total. The van der Waals surface area contributed by atoms with Gasteiger partial charge in [0.25, 0.3) is 0 Å². The third-order valence-corrected chi connectivity index (χ3v) is 2.47. The van der Waals surface area contributed by atoms with Crippen molar-refractivity contribution in [2.24, 2.45) is 0 Å². The zero-order valence-electron chi connectivity index (χ0n) is 9.84. The van der Waals surface area contributed by atoms with Crippen LogP contribution in [0.25, 0.3) is 0 Å². The van der Waals surface area contributed by atoms with E-state index in [9.17, 15) is 5.11 Å². The normalized spacial score (nSPS) is 14.3. The van der Waals surface area contributed by atoms with Crippen molar-refractivity contribution in [1.82, 2.24) is 9.97 Å². The third kappa shape index (κ3) is 2.82. The Balaban J connectivity index is 2.03. The summed E-state index contributed by atoms with van der Waals surface area (Å²) in [4.78, 5) is 8.06. The summed E-state index contributed by atoms with van der Waals surface area (Å²) < 4.78 is 5.19. The fourth-order valence-electron chi connectivity index (χ4n) is 1.49. The fraction of sp³-hybridized carbons (Fsp3) is 0.333. The van der Waals surface area contributed by atoms with Crippen molar-refractivity contribution >= 4 is 5.82 Å². The first kappa shape index (κ1) is 11.6. The number of hydrogen-bond acceptors (Lipinski definition) is 5. The topological polar surface area (TPSA) is 71.2 Å². The van der Waals surface area contributed by atoms with Gasteiger partial charge in [-0.15, -0.1) is 0 Å². The molecule has 17 heavy (non-hydrogen) atoms. The molecule has 5 heteroatoms. The molecule has 1 unspecified atom stereocenters. The highest BCUT2D eigenvalue weighted by atomic mass is 16.4. The molecule has 2 aromatic rings. The Hall–Kier alpha value is -1.88. The number of aromatic nitrogens is 2. The summed E-state index contributed by atoms with van der Waals surface area (Å²) in [5.41, 5.74) is -0.192. The average Bonchev–Trinajstić information content (AvgIpc) is 2.81. The molecule has 0 spiro atoms. The molecule has 2 aromatic heterocycles. The lowest BCUT2D eigenvalue weighted by Gasteiger charge is -2.21. The summed E-state index contributed by atoms with van der Waals surface area (Å²) in [7, 11) is 0. The standard InChI is InChI=1S/C12H15N3O2/c1-9-6-11(15-8-14-9)13-7-12(2,16)10-4-3-5-17-10/h3-6,8,16H,7H2,1-2H3,(H,13,14,15). The van der Waals surface area contributed by atoms with Crippen LogP contribution >= 0.6 is 0 Å². The van der Waals surface area contributed by atoms with E-state index in [-0.39, 0.29) is 0 Å². The Morgan fingerprint density at radius 1 is 1.47 bits per heavy atom. The van der Waals surface area contributed by atoms with Gasteiger partial charge in [0.05, 0.1) is 12.8 Å². The number of aryl methyl sites for hydroxylation is 1. The molecule has 2 heterocycles. The molecule has 0 radical (unpaired) electrons. The first-order valence-electron chi connectivity index (χ1n) is 5.37. The summed E-state index contributed by atoms with van der Waals surface area (Å²) in [6.45, 7) is 3.89. The van der Waals surface area contributed by atoms with Gasteiger partial charge in [0.2, 0.25) is 0 Å². The number of nitrogens with zero attached hydrogens (tertiary/aromatic N) is 2. The van der Waals surface area contributed by atoms with E-state index >= 15 is 0 Å². The van der Waals surface area contributed by atoms with Crippen LogP contribution in [0.1, 0.15) is 18.4 Å². The number of aliphatic hydroxyl groups is 1. The number of rotatable bonds is 4. The molecule has 0 aliphatic heterocycles. The number of nitrogens with one attached hydrogen (secondary N) is 1. The Labute approximate surface area is 99.5 Å². The molecular formula is C12H15N3O2. The van der Waals surface area contributed by atoms with Gasteiger partial charge in [-0.1, -0.05) is 0 Å². The summed E-state index contributed by atoms with van der Waals surface area (Å²) in [5.74, 6) is 1.21. The molecule has 1 atom stereocenters. The Kier molecular flexibility index (Phi) is 3.10. The van der Waals surface area contributed by atoms with E-state index in [1.807, 2.05) is 13.0 Å². The highest BCUT2D eigenvalue weighted by Gasteiger charge is 2.25. The number of hydrogen-bond donors (Lipinski definition) is 2. The second-order valence-electron chi connectivity index (χ2n) is 4.15. The van der Waals surface area contributed by atoms with Crippen LogP contribution in [-0.2, 0) is 5.60 Å².